The van der Waals surface area contributed by atoms with Crippen molar-refractivity contribution in [2.24, 2.45) is 20.5 Å². The van der Waals surface area contributed by atoms with Gasteiger partial charge in [-0.3, -0.25) is 0 Å². The zero-order valence-corrected chi connectivity index (χ0v) is 41.5. The zero-order valence-electron chi connectivity index (χ0n) is 30.3. The van der Waals surface area contributed by atoms with Gasteiger partial charge >= 0.3 is 118 Å². The Hall–Kier alpha value is -1.54. The van der Waals surface area contributed by atoms with E-state index in [2.05, 4.69) is 20.5 Å². The number of aromatic hydroxyl groups is 3. The van der Waals surface area contributed by atoms with Gasteiger partial charge in [0.2, 0.25) is 0 Å². The van der Waals surface area contributed by atoms with Gasteiger partial charge in [-0.2, -0.15) is 0 Å². The first-order chi connectivity index (χ1) is 24.3. The number of hydrogen-bond donors (Lipinski definition) is 4. The number of phenolic OH excluding ortho intramolecular Hbond substituents is 3. The molecule has 0 bridgehead atoms. The minimum Gasteiger partial charge on any atom is -0.744 e. The first-order valence-electron chi connectivity index (χ1n) is 13.8. The molecule has 0 saturated carbocycles. The van der Waals surface area contributed by atoms with Gasteiger partial charge in [-0.1, -0.05) is 6.07 Å². The molecular weight excluding hydrogens is 883 g/mol. The number of methoxy groups -OCH3 is 1. The summed E-state index contributed by atoms with van der Waals surface area (Å²) in [5.41, 5.74) is 3.52. The third kappa shape index (κ3) is 11.2. The summed E-state index contributed by atoms with van der Waals surface area (Å²) in [5, 5.41) is 45.1. The predicted octanol–water partition coefficient (Wildman–Crippen LogP) is -8.53. The van der Waals surface area contributed by atoms with Crippen LogP contribution < -0.4 is 129 Å². The number of nitrogens with zero attached hydrogens (tertiary/aromatic N) is 4. The van der Waals surface area contributed by atoms with Crippen LogP contribution in [0.4, 0.5) is 28.4 Å². The normalized spacial score (nSPS) is 12.2. The van der Waals surface area contributed by atoms with E-state index in [9.17, 15) is 67.2 Å². The van der Waals surface area contributed by atoms with Crippen molar-refractivity contribution >= 4 is 90.5 Å². The van der Waals surface area contributed by atoms with Gasteiger partial charge in [0.05, 0.1) is 48.8 Å². The van der Waals surface area contributed by atoms with Crippen LogP contribution in [0.1, 0.15) is 5.56 Å². The molecule has 5 aromatic rings. The number of azo groups is 2. The molecule has 0 aromatic heterocycles. The molecule has 0 unspecified atom stereocenters. The van der Waals surface area contributed by atoms with Gasteiger partial charge in [-0.25, -0.2) is 33.7 Å². The van der Waals surface area contributed by atoms with Crippen LogP contribution >= 0.6 is 0 Å². The number of benzene rings is 5. The molecule has 0 amide bonds. The molecule has 5 N–H and O–H groups in total. The molecule has 0 aliphatic rings. The molecule has 0 atom stereocenters. The first kappa shape index (κ1) is 53.5. The Morgan fingerprint density at radius 3 is 1.67 bits per heavy atom. The summed E-state index contributed by atoms with van der Waals surface area (Å²) in [6, 6.07) is 6.39. The average Bonchev–Trinajstić information content (AvgIpc) is 3.02. The van der Waals surface area contributed by atoms with Gasteiger partial charge in [-0.15, -0.1) is 20.5 Å². The number of phenols is 3. The van der Waals surface area contributed by atoms with Gasteiger partial charge in [0.1, 0.15) is 69.0 Å². The van der Waals surface area contributed by atoms with Crippen LogP contribution in [0, 0.1) is 6.92 Å². The summed E-state index contributed by atoms with van der Waals surface area (Å²) in [4.78, 5) is -4.63. The summed E-state index contributed by atoms with van der Waals surface area (Å²) >= 11 is 0. The summed E-state index contributed by atoms with van der Waals surface area (Å²) in [6.45, 7) is 1.43. The SMILES string of the molecule is COc1cc(N=Nc2c(S(=O)(=O)[O-])cc3cc(S(=O)(=O)[O-])cc(O)c3c2O)c(C)cc1N=Nc1ccc2c(S(=O)(=O)[O-])cc(S(=O)(=O)[O-])c(N)c2c1O.[Na+].[Na+].[Na+].[Na+]. The fourth-order valence-corrected chi connectivity index (χ4v) is 7.63. The van der Waals surface area contributed by atoms with Crippen LogP contribution in [0.15, 0.2) is 88.6 Å². The Balaban J connectivity index is 0.00000406. The van der Waals surface area contributed by atoms with Crippen molar-refractivity contribution in [2.45, 2.75) is 26.5 Å². The Bertz CT molecular complexity index is 2950. The van der Waals surface area contributed by atoms with Crippen LogP contribution in [0.3, 0.4) is 0 Å². The van der Waals surface area contributed by atoms with E-state index in [1.165, 1.54) is 26.2 Å². The van der Waals surface area contributed by atoms with Gasteiger partial charge < -0.3 is 44.0 Å². The number of anilines is 1. The quantitative estimate of drug-likeness (QED) is 0.0462. The molecule has 0 aliphatic carbocycles. The fraction of sp³-hybridized carbons (Fsp3) is 0.0714. The molecule has 29 heteroatoms. The van der Waals surface area contributed by atoms with Crippen molar-refractivity contribution in [3.05, 3.63) is 54.1 Å². The number of ether oxygens (including phenoxy) is 1. The van der Waals surface area contributed by atoms with Gasteiger partial charge in [0.15, 0.2) is 11.5 Å². The molecule has 0 heterocycles. The van der Waals surface area contributed by atoms with E-state index in [4.69, 9.17) is 10.5 Å². The van der Waals surface area contributed by atoms with E-state index >= 15 is 0 Å². The molecule has 280 valence electrons. The van der Waals surface area contributed by atoms with Crippen molar-refractivity contribution in [2.75, 3.05) is 12.8 Å². The third-order valence-corrected chi connectivity index (χ3v) is 10.9. The van der Waals surface area contributed by atoms with Crippen LogP contribution in [-0.4, -0.2) is 74.3 Å². The Morgan fingerprint density at radius 2 is 1.14 bits per heavy atom. The summed E-state index contributed by atoms with van der Waals surface area (Å²) in [6.07, 6.45) is 0. The third-order valence-electron chi connectivity index (χ3n) is 7.44. The van der Waals surface area contributed by atoms with Gasteiger partial charge in [0.25, 0.3) is 0 Å². The molecule has 0 radical (unpaired) electrons. The maximum Gasteiger partial charge on any atom is 1.00 e. The van der Waals surface area contributed by atoms with Crippen molar-refractivity contribution in [3.63, 3.8) is 0 Å². The zero-order chi connectivity index (χ0) is 39.6. The molecule has 0 fully saturated rings. The van der Waals surface area contributed by atoms with Crippen molar-refractivity contribution in [1.82, 2.24) is 0 Å². The number of nitrogens with two attached hydrogens (primary N) is 1. The second-order valence-corrected chi connectivity index (χ2v) is 16.2. The number of rotatable bonds is 9. The van der Waals surface area contributed by atoms with Gasteiger partial charge in [0, 0.05) is 11.5 Å². The molecule has 0 aliphatic heterocycles. The molecule has 21 nitrogen and oxygen atoms in total. The van der Waals surface area contributed by atoms with E-state index in [0.29, 0.717) is 18.2 Å². The summed E-state index contributed by atoms with van der Waals surface area (Å²) in [5.74, 6) is -3.16. The van der Waals surface area contributed by atoms with Crippen LogP contribution in [0.2, 0.25) is 0 Å². The second kappa shape index (κ2) is 19.4. The maximum absolute atomic E-state index is 12.1. The molecule has 57 heavy (non-hydrogen) atoms. The van der Waals surface area contributed by atoms with Crippen LogP contribution in [0.25, 0.3) is 21.5 Å². The minimum absolute atomic E-state index is 0. The molecule has 0 spiro atoms. The average molecular weight is 902 g/mol. The number of fused-ring (bicyclic) bond motifs is 2. The topological polar surface area (TPSA) is 374 Å². The van der Waals surface area contributed by atoms with Crippen LogP contribution in [-0.2, 0) is 40.5 Å². The molecule has 5 aromatic carbocycles. The molecule has 0 saturated heterocycles. The van der Waals surface area contributed by atoms with Gasteiger partial charge in [-0.05, 0) is 54.3 Å². The molecular formula is C28H19N5Na4O16S4. The second-order valence-electron chi connectivity index (χ2n) is 10.8. The van der Waals surface area contributed by atoms with E-state index in [1.54, 1.807) is 0 Å². The monoisotopic (exact) mass is 901 g/mol. The Labute approximate surface area is 412 Å². The van der Waals surface area contributed by atoms with Crippen LogP contribution in [0.5, 0.6) is 23.0 Å². The van der Waals surface area contributed by atoms with Crippen molar-refractivity contribution in [3.8, 4) is 23.0 Å². The van der Waals surface area contributed by atoms with Crippen molar-refractivity contribution < 1.29 is 190 Å². The number of aryl methyl sites for hydroxylation is 1. The predicted molar refractivity (Wildman–Crippen MR) is 175 cm³/mol. The number of nitrogen functional groups attached to an aromatic ring is 1. The smallest absolute Gasteiger partial charge is 0.744 e. The largest absolute Gasteiger partial charge is 1.00 e. The number of hydrogen-bond acceptors (Lipinski definition) is 21. The van der Waals surface area contributed by atoms with E-state index < -0.39 is 116 Å². The van der Waals surface area contributed by atoms with Crippen molar-refractivity contribution in [1.29, 1.82) is 0 Å². The Morgan fingerprint density at radius 1 is 0.596 bits per heavy atom. The first-order valence-corrected chi connectivity index (χ1v) is 19.4. The fourth-order valence-electron chi connectivity index (χ4n) is 5.04. The maximum atomic E-state index is 12.1. The minimum atomic E-state index is -5.46. The van der Waals surface area contributed by atoms with E-state index in [0.717, 1.165) is 12.1 Å². The van der Waals surface area contributed by atoms with E-state index in [-0.39, 0.29) is 147 Å². The standard InChI is InChI=1S/C28H23N5O16S4.4Na/c1-11-5-17(32-30-15-4-3-14-20(51(40,41)42)10-21(52(43,44)45)25(29)24(14)27(15)35)19(49-2)9-16(11)31-33-26-22(53(46,47)48)7-12-6-13(50(37,38)39)8-18(34)23(12)28(26)36;;;;/h3-10,34-36H,29H2,1-2H3,(H,37,38,39)(H,40,41,42)(H,43,44,45)(H,46,47,48);;;;/q;4*+1/p-4. The Kier molecular flexibility index (Phi) is 18.2. The summed E-state index contributed by atoms with van der Waals surface area (Å²) < 4.78 is 147. The van der Waals surface area contributed by atoms with E-state index in [1.807, 2.05) is 0 Å². The summed E-state index contributed by atoms with van der Waals surface area (Å²) in [7, 11) is -20.3. The molecule has 5 rings (SSSR count).